The van der Waals surface area contributed by atoms with Gasteiger partial charge in [0, 0.05) is 10.4 Å². The maximum atomic E-state index is 12.8. The van der Waals surface area contributed by atoms with Crippen molar-refractivity contribution >= 4 is 16.5 Å². The molecule has 4 N–H and O–H groups in total. The molecule has 0 atom stereocenters. The van der Waals surface area contributed by atoms with Gasteiger partial charge in [0.25, 0.3) is 0 Å². The van der Waals surface area contributed by atoms with Gasteiger partial charge in [0.05, 0.1) is 5.69 Å². The van der Waals surface area contributed by atoms with E-state index in [1.54, 1.807) is 12.1 Å². The standard InChI is InChI=1S/C11H12FN3S/c12-8-3-1-7(2-4-8)10-9(5-6-13)16-11(14)15-10/h1-4H,5-6,13H2,(H2,14,15). The summed E-state index contributed by atoms with van der Waals surface area (Å²) >= 11 is 1.43. The number of hydrogen-bond donors (Lipinski definition) is 2. The summed E-state index contributed by atoms with van der Waals surface area (Å²) in [7, 11) is 0. The molecule has 1 aromatic carbocycles. The number of nitrogens with two attached hydrogens (primary N) is 2. The van der Waals surface area contributed by atoms with Crippen LogP contribution >= 0.6 is 11.3 Å². The SMILES string of the molecule is NCCc1sc(N)nc1-c1ccc(F)cc1. The van der Waals surface area contributed by atoms with Gasteiger partial charge >= 0.3 is 0 Å². The number of nitrogens with zero attached hydrogens (tertiary/aromatic N) is 1. The van der Waals surface area contributed by atoms with Crippen molar-refractivity contribution in [2.24, 2.45) is 5.73 Å². The highest BCUT2D eigenvalue weighted by Crippen LogP contribution is 2.29. The molecule has 3 nitrogen and oxygen atoms in total. The number of anilines is 1. The summed E-state index contributed by atoms with van der Waals surface area (Å²) in [5.41, 5.74) is 12.9. The molecule has 0 saturated heterocycles. The van der Waals surface area contributed by atoms with Gasteiger partial charge in [-0.15, -0.1) is 11.3 Å². The molecule has 0 bridgehead atoms. The lowest BCUT2D eigenvalue weighted by molar-refractivity contribution is 0.628. The Morgan fingerprint density at radius 1 is 1.25 bits per heavy atom. The summed E-state index contributed by atoms with van der Waals surface area (Å²) in [6.07, 6.45) is 0.738. The Kier molecular flexibility index (Phi) is 3.17. The number of nitrogen functional groups attached to an aromatic ring is 1. The highest BCUT2D eigenvalue weighted by atomic mass is 32.1. The van der Waals surface area contributed by atoms with Gasteiger partial charge in [-0.05, 0) is 37.2 Å². The Bertz CT molecular complexity index is 478. The van der Waals surface area contributed by atoms with Crippen LogP contribution in [-0.2, 0) is 6.42 Å². The lowest BCUT2D eigenvalue weighted by atomic mass is 10.1. The van der Waals surface area contributed by atoms with Gasteiger partial charge in [-0.1, -0.05) is 0 Å². The third-order valence-corrected chi connectivity index (χ3v) is 3.15. The molecule has 0 aliphatic carbocycles. The zero-order chi connectivity index (χ0) is 11.5. The number of rotatable bonds is 3. The van der Waals surface area contributed by atoms with Crippen LogP contribution < -0.4 is 11.5 Å². The predicted molar refractivity (Wildman–Crippen MR) is 64.7 cm³/mol. The zero-order valence-corrected chi connectivity index (χ0v) is 9.43. The van der Waals surface area contributed by atoms with E-state index in [9.17, 15) is 4.39 Å². The maximum absolute atomic E-state index is 12.8. The van der Waals surface area contributed by atoms with Crippen LogP contribution in [0.1, 0.15) is 4.88 Å². The average molecular weight is 237 g/mol. The highest BCUT2D eigenvalue weighted by Gasteiger charge is 2.10. The van der Waals surface area contributed by atoms with Gasteiger partial charge < -0.3 is 11.5 Å². The van der Waals surface area contributed by atoms with Crippen LogP contribution in [0.25, 0.3) is 11.3 Å². The van der Waals surface area contributed by atoms with E-state index in [-0.39, 0.29) is 5.82 Å². The number of thiazole rings is 1. The van der Waals surface area contributed by atoms with Crippen molar-refractivity contribution in [1.29, 1.82) is 0 Å². The Morgan fingerprint density at radius 2 is 1.94 bits per heavy atom. The van der Waals surface area contributed by atoms with E-state index in [4.69, 9.17) is 11.5 Å². The van der Waals surface area contributed by atoms with E-state index in [2.05, 4.69) is 4.98 Å². The Hall–Kier alpha value is -1.46. The summed E-state index contributed by atoms with van der Waals surface area (Å²) < 4.78 is 12.8. The molecule has 0 aliphatic heterocycles. The van der Waals surface area contributed by atoms with Gasteiger partial charge in [-0.25, -0.2) is 9.37 Å². The Labute approximate surface area is 96.9 Å². The largest absolute Gasteiger partial charge is 0.375 e. The number of hydrogen-bond acceptors (Lipinski definition) is 4. The highest BCUT2D eigenvalue weighted by molar-refractivity contribution is 7.15. The molecule has 1 heterocycles. The lowest BCUT2D eigenvalue weighted by Gasteiger charge is -2.00. The van der Waals surface area contributed by atoms with Crippen LogP contribution in [0.4, 0.5) is 9.52 Å². The smallest absolute Gasteiger partial charge is 0.180 e. The predicted octanol–water partition coefficient (Wildman–Crippen LogP) is 2.03. The van der Waals surface area contributed by atoms with Gasteiger partial charge in [-0.3, -0.25) is 0 Å². The molecule has 0 amide bonds. The fourth-order valence-corrected chi connectivity index (χ4v) is 2.37. The number of aromatic nitrogens is 1. The zero-order valence-electron chi connectivity index (χ0n) is 8.61. The van der Waals surface area contributed by atoms with Crippen molar-refractivity contribution in [3.63, 3.8) is 0 Å². The van der Waals surface area contributed by atoms with E-state index in [1.165, 1.54) is 23.5 Å². The minimum atomic E-state index is -0.257. The third kappa shape index (κ3) is 2.20. The van der Waals surface area contributed by atoms with Gasteiger partial charge in [0.1, 0.15) is 5.82 Å². The molecule has 0 radical (unpaired) electrons. The van der Waals surface area contributed by atoms with Crippen molar-refractivity contribution < 1.29 is 4.39 Å². The Balaban J connectivity index is 2.42. The molecule has 0 spiro atoms. The van der Waals surface area contributed by atoms with Crippen molar-refractivity contribution in [1.82, 2.24) is 4.98 Å². The second-order valence-electron chi connectivity index (χ2n) is 3.37. The molecule has 0 saturated carbocycles. The first-order valence-electron chi connectivity index (χ1n) is 4.92. The van der Waals surface area contributed by atoms with Gasteiger partial charge in [0.15, 0.2) is 5.13 Å². The molecule has 84 valence electrons. The summed E-state index contributed by atoms with van der Waals surface area (Å²) in [6.45, 7) is 0.551. The van der Waals surface area contributed by atoms with E-state index in [0.717, 1.165) is 22.6 Å². The second kappa shape index (κ2) is 4.59. The molecule has 0 unspecified atom stereocenters. The van der Waals surface area contributed by atoms with Gasteiger partial charge in [0.2, 0.25) is 0 Å². The minimum absolute atomic E-state index is 0.257. The fraction of sp³-hybridized carbons (Fsp3) is 0.182. The molecule has 0 aliphatic rings. The summed E-state index contributed by atoms with van der Waals surface area (Å²) in [5.74, 6) is -0.257. The van der Waals surface area contributed by atoms with E-state index in [1.807, 2.05) is 0 Å². The second-order valence-corrected chi connectivity index (χ2v) is 4.48. The number of benzene rings is 1. The average Bonchev–Trinajstić information content (AvgIpc) is 2.61. The van der Waals surface area contributed by atoms with Crippen LogP contribution in [0.2, 0.25) is 0 Å². The molecule has 1 aromatic heterocycles. The summed E-state index contributed by atoms with van der Waals surface area (Å²) in [6, 6.07) is 6.22. The molecule has 16 heavy (non-hydrogen) atoms. The van der Waals surface area contributed by atoms with Crippen molar-refractivity contribution in [3.05, 3.63) is 35.0 Å². The van der Waals surface area contributed by atoms with Crippen LogP contribution in [0.3, 0.4) is 0 Å². The Morgan fingerprint density at radius 3 is 2.56 bits per heavy atom. The van der Waals surface area contributed by atoms with E-state index >= 15 is 0 Å². The van der Waals surface area contributed by atoms with Crippen molar-refractivity contribution in [3.8, 4) is 11.3 Å². The molecular weight excluding hydrogens is 225 g/mol. The first kappa shape index (κ1) is 11.0. The minimum Gasteiger partial charge on any atom is -0.375 e. The summed E-state index contributed by atoms with van der Waals surface area (Å²) in [5, 5.41) is 0.516. The van der Waals surface area contributed by atoms with Crippen LogP contribution in [0.15, 0.2) is 24.3 Å². The molecule has 2 aromatic rings. The summed E-state index contributed by atoms with van der Waals surface area (Å²) in [4.78, 5) is 5.30. The van der Waals surface area contributed by atoms with Crippen molar-refractivity contribution in [2.45, 2.75) is 6.42 Å². The monoisotopic (exact) mass is 237 g/mol. The van der Waals surface area contributed by atoms with E-state index in [0.29, 0.717) is 11.7 Å². The molecule has 5 heteroatoms. The van der Waals surface area contributed by atoms with Gasteiger partial charge in [-0.2, -0.15) is 0 Å². The molecule has 2 rings (SSSR count). The van der Waals surface area contributed by atoms with Crippen LogP contribution in [0, 0.1) is 5.82 Å². The fourth-order valence-electron chi connectivity index (χ4n) is 1.50. The molecular formula is C11H12FN3S. The number of halogens is 1. The normalized spacial score (nSPS) is 10.6. The first-order chi connectivity index (χ1) is 7.70. The third-order valence-electron chi connectivity index (χ3n) is 2.20. The lowest BCUT2D eigenvalue weighted by Crippen LogP contribution is -2.02. The van der Waals surface area contributed by atoms with E-state index < -0.39 is 0 Å². The first-order valence-corrected chi connectivity index (χ1v) is 5.73. The van der Waals surface area contributed by atoms with Crippen molar-refractivity contribution in [2.75, 3.05) is 12.3 Å². The van der Waals surface area contributed by atoms with Crippen LogP contribution in [-0.4, -0.2) is 11.5 Å². The van der Waals surface area contributed by atoms with Crippen LogP contribution in [0.5, 0.6) is 0 Å². The molecule has 0 fully saturated rings. The maximum Gasteiger partial charge on any atom is 0.180 e. The quantitative estimate of drug-likeness (QED) is 0.858. The topological polar surface area (TPSA) is 64.9 Å².